The van der Waals surface area contributed by atoms with Crippen molar-refractivity contribution in [2.45, 2.75) is 6.92 Å². The lowest BCUT2D eigenvalue weighted by molar-refractivity contribution is -0.384. The molecule has 104 valence electrons. The summed E-state index contributed by atoms with van der Waals surface area (Å²) in [5, 5.41) is 26.9. The lowest BCUT2D eigenvalue weighted by atomic mass is 10.2. The number of aryl methyl sites for hydroxylation is 2. The fraction of sp³-hybridized carbons (Fsp3) is 0.167. The average molecular weight is 276 g/mol. The highest BCUT2D eigenvalue weighted by Crippen LogP contribution is 2.33. The summed E-state index contributed by atoms with van der Waals surface area (Å²) < 4.78 is 1.36. The van der Waals surface area contributed by atoms with Crippen LogP contribution in [0.1, 0.15) is 16.2 Å². The molecule has 0 aliphatic heterocycles. The van der Waals surface area contributed by atoms with E-state index in [2.05, 4.69) is 10.4 Å². The van der Waals surface area contributed by atoms with Gasteiger partial charge < -0.3 is 10.4 Å². The number of nitro groups is 1. The van der Waals surface area contributed by atoms with Crippen molar-refractivity contribution >= 4 is 17.3 Å². The van der Waals surface area contributed by atoms with Gasteiger partial charge >= 0.3 is 0 Å². The molecule has 0 radical (unpaired) electrons. The van der Waals surface area contributed by atoms with E-state index in [9.17, 15) is 20.0 Å². The molecule has 0 saturated heterocycles. The third-order valence-electron chi connectivity index (χ3n) is 2.69. The minimum Gasteiger partial charge on any atom is -0.505 e. The highest BCUT2D eigenvalue weighted by Gasteiger charge is 2.21. The Hall–Kier alpha value is -2.90. The molecule has 0 bridgehead atoms. The number of nitrogens with zero attached hydrogens (tertiary/aromatic N) is 3. The normalized spacial score (nSPS) is 10.3. The molecule has 1 heterocycles. The Morgan fingerprint density at radius 3 is 2.75 bits per heavy atom. The van der Waals surface area contributed by atoms with Crippen molar-refractivity contribution in [1.82, 2.24) is 9.78 Å². The van der Waals surface area contributed by atoms with Gasteiger partial charge in [0.2, 0.25) is 0 Å². The van der Waals surface area contributed by atoms with Crippen LogP contribution in [0, 0.1) is 17.0 Å². The van der Waals surface area contributed by atoms with Crippen LogP contribution in [0.5, 0.6) is 5.75 Å². The molecule has 8 nitrogen and oxygen atoms in total. The third kappa shape index (κ3) is 2.44. The number of phenolic OH excluding ortho intramolecular Hbond substituents is 1. The number of carbonyl (C=O) groups is 1. The number of aromatic nitrogens is 2. The summed E-state index contributed by atoms with van der Waals surface area (Å²) in [4.78, 5) is 22.3. The van der Waals surface area contributed by atoms with Gasteiger partial charge in [-0.15, -0.1) is 0 Å². The summed E-state index contributed by atoms with van der Waals surface area (Å²) in [6.45, 7) is 1.72. The molecule has 0 spiro atoms. The molecule has 20 heavy (non-hydrogen) atoms. The second-order valence-electron chi connectivity index (χ2n) is 4.18. The van der Waals surface area contributed by atoms with E-state index < -0.39 is 10.8 Å². The standard InChI is InChI=1S/C12H12N4O4/c1-7-6-9(15(2)14-7)12(18)13-11-8(16(19)20)4-3-5-10(11)17/h3-6,17H,1-2H3,(H,13,18). The van der Waals surface area contributed by atoms with Crippen molar-refractivity contribution in [2.75, 3.05) is 5.32 Å². The van der Waals surface area contributed by atoms with E-state index in [-0.39, 0.29) is 22.8 Å². The zero-order valence-electron chi connectivity index (χ0n) is 10.8. The van der Waals surface area contributed by atoms with Crippen molar-refractivity contribution in [3.63, 3.8) is 0 Å². The Labute approximate surface area is 113 Å². The highest BCUT2D eigenvalue weighted by molar-refractivity contribution is 6.05. The zero-order valence-corrected chi connectivity index (χ0v) is 10.8. The Kier molecular flexibility index (Phi) is 3.38. The molecule has 0 saturated carbocycles. The number of anilines is 1. The average Bonchev–Trinajstić information content (AvgIpc) is 2.70. The number of phenols is 1. The van der Waals surface area contributed by atoms with Gasteiger partial charge in [-0.3, -0.25) is 19.6 Å². The number of nitro benzene ring substituents is 1. The summed E-state index contributed by atoms with van der Waals surface area (Å²) >= 11 is 0. The van der Waals surface area contributed by atoms with E-state index >= 15 is 0 Å². The lowest BCUT2D eigenvalue weighted by Crippen LogP contribution is -2.17. The van der Waals surface area contributed by atoms with E-state index in [0.717, 1.165) is 0 Å². The number of aromatic hydroxyl groups is 1. The number of hydrogen-bond acceptors (Lipinski definition) is 5. The van der Waals surface area contributed by atoms with E-state index in [0.29, 0.717) is 5.69 Å². The minimum atomic E-state index is -0.677. The molecule has 1 aromatic carbocycles. The van der Waals surface area contributed by atoms with Gasteiger partial charge in [-0.25, -0.2) is 0 Å². The van der Waals surface area contributed by atoms with Gasteiger partial charge in [-0.1, -0.05) is 6.07 Å². The molecule has 2 N–H and O–H groups in total. The molecule has 1 amide bonds. The van der Waals surface area contributed by atoms with E-state index in [1.54, 1.807) is 20.0 Å². The number of benzene rings is 1. The van der Waals surface area contributed by atoms with Gasteiger partial charge in [0.15, 0.2) is 5.69 Å². The van der Waals surface area contributed by atoms with Crippen LogP contribution in [-0.4, -0.2) is 25.7 Å². The second kappa shape index (κ2) is 5.00. The van der Waals surface area contributed by atoms with Crippen LogP contribution < -0.4 is 5.32 Å². The van der Waals surface area contributed by atoms with Gasteiger partial charge in [-0.05, 0) is 19.1 Å². The van der Waals surface area contributed by atoms with Crippen LogP contribution in [0.4, 0.5) is 11.4 Å². The van der Waals surface area contributed by atoms with E-state index in [4.69, 9.17) is 0 Å². The Bertz CT molecular complexity index is 693. The first kappa shape index (κ1) is 13.5. The maximum atomic E-state index is 12.1. The second-order valence-corrected chi connectivity index (χ2v) is 4.18. The Balaban J connectivity index is 2.37. The molecule has 0 aliphatic rings. The highest BCUT2D eigenvalue weighted by atomic mass is 16.6. The summed E-state index contributed by atoms with van der Waals surface area (Å²) in [6, 6.07) is 5.33. The lowest BCUT2D eigenvalue weighted by Gasteiger charge is -2.07. The SMILES string of the molecule is Cc1cc(C(=O)Nc2c(O)cccc2[N+](=O)[O-])n(C)n1. The molecule has 2 rings (SSSR count). The van der Waals surface area contributed by atoms with E-state index in [1.165, 1.54) is 22.9 Å². The van der Waals surface area contributed by atoms with Crippen LogP contribution in [0.2, 0.25) is 0 Å². The number of rotatable bonds is 3. The number of hydrogen-bond donors (Lipinski definition) is 2. The predicted octanol–water partition coefficient (Wildman–Crippen LogP) is 1.59. The molecule has 0 fully saturated rings. The first-order valence-corrected chi connectivity index (χ1v) is 5.68. The number of nitrogens with one attached hydrogen (secondary N) is 1. The van der Waals surface area contributed by atoms with Crippen molar-refractivity contribution in [1.29, 1.82) is 0 Å². The van der Waals surface area contributed by atoms with Crippen LogP contribution in [0.25, 0.3) is 0 Å². The first-order chi connectivity index (χ1) is 9.40. The number of carbonyl (C=O) groups excluding carboxylic acids is 1. The number of para-hydroxylation sites is 1. The fourth-order valence-corrected chi connectivity index (χ4v) is 1.81. The van der Waals surface area contributed by atoms with Crippen molar-refractivity contribution < 1.29 is 14.8 Å². The first-order valence-electron chi connectivity index (χ1n) is 5.68. The zero-order chi connectivity index (χ0) is 14.9. The van der Waals surface area contributed by atoms with Crippen LogP contribution in [-0.2, 0) is 7.05 Å². The maximum absolute atomic E-state index is 12.1. The third-order valence-corrected chi connectivity index (χ3v) is 2.69. The molecular formula is C12H12N4O4. The van der Waals surface area contributed by atoms with Crippen LogP contribution in [0.3, 0.4) is 0 Å². The van der Waals surface area contributed by atoms with Crippen LogP contribution >= 0.6 is 0 Å². The van der Waals surface area contributed by atoms with Crippen molar-refractivity contribution in [3.8, 4) is 5.75 Å². The van der Waals surface area contributed by atoms with Gasteiger partial charge in [0.1, 0.15) is 11.4 Å². The molecule has 0 unspecified atom stereocenters. The molecule has 0 aliphatic carbocycles. The largest absolute Gasteiger partial charge is 0.505 e. The monoisotopic (exact) mass is 276 g/mol. The molecule has 0 atom stereocenters. The minimum absolute atomic E-state index is 0.235. The topological polar surface area (TPSA) is 110 Å². The summed E-state index contributed by atoms with van der Waals surface area (Å²) in [6.07, 6.45) is 0. The smallest absolute Gasteiger partial charge is 0.296 e. The predicted molar refractivity (Wildman–Crippen MR) is 70.7 cm³/mol. The molecule has 1 aromatic heterocycles. The van der Waals surface area contributed by atoms with Gasteiger partial charge in [0.25, 0.3) is 11.6 Å². The fourth-order valence-electron chi connectivity index (χ4n) is 1.81. The van der Waals surface area contributed by atoms with Gasteiger partial charge in [0.05, 0.1) is 10.6 Å². The van der Waals surface area contributed by atoms with Gasteiger partial charge in [-0.2, -0.15) is 5.10 Å². The molecular weight excluding hydrogens is 264 g/mol. The quantitative estimate of drug-likeness (QED) is 0.502. The Morgan fingerprint density at radius 2 is 2.20 bits per heavy atom. The van der Waals surface area contributed by atoms with Gasteiger partial charge in [0, 0.05) is 13.1 Å². The summed E-state index contributed by atoms with van der Waals surface area (Å²) in [5.74, 6) is -0.954. The van der Waals surface area contributed by atoms with Crippen molar-refractivity contribution in [2.24, 2.45) is 7.05 Å². The number of amides is 1. The maximum Gasteiger partial charge on any atom is 0.296 e. The van der Waals surface area contributed by atoms with Crippen molar-refractivity contribution in [3.05, 3.63) is 45.8 Å². The summed E-state index contributed by atoms with van der Waals surface area (Å²) in [5.41, 5.74) is 0.267. The summed E-state index contributed by atoms with van der Waals surface area (Å²) in [7, 11) is 1.58. The van der Waals surface area contributed by atoms with E-state index in [1.807, 2.05) is 0 Å². The van der Waals surface area contributed by atoms with Crippen LogP contribution in [0.15, 0.2) is 24.3 Å². The Morgan fingerprint density at radius 1 is 1.50 bits per heavy atom. The molecule has 2 aromatic rings. The molecule has 8 heteroatoms.